The highest BCUT2D eigenvalue weighted by Gasteiger charge is 2.47. The molecule has 4 saturated carbocycles. The summed E-state index contributed by atoms with van der Waals surface area (Å²) in [6.45, 7) is 0. The van der Waals surface area contributed by atoms with Crippen molar-refractivity contribution in [2.45, 2.75) is 50.5 Å². The normalized spacial score (nSPS) is 24.9. The average molecular weight is 498 g/mol. The maximum absolute atomic E-state index is 14.1. The Morgan fingerprint density at radius 3 is 2.49 bits per heavy atom. The number of aliphatic carboxylic acids is 1. The lowest BCUT2D eigenvalue weighted by atomic mass is 9.61. The van der Waals surface area contributed by atoms with Crippen molar-refractivity contribution in [3.8, 4) is 22.6 Å². The van der Waals surface area contributed by atoms with Crippen molar-refractivity contribution in [3.63, 3.8) is 0 Å². The summed E-state index contributed by atoms with van der Waals surface area (Å²) in [5.74, 6) is 0.590. The van der Waals surface area contributed by atoms with Crippen LogP contribution in [0.15, 0.2) is 48.8 Å². The number of anilines is 1. The van der Waals surface area contributed by atoms with Gasteiger partial charge in [0, 0.05) is 34.8 Å². The first-order valence-corrected chi connectivity index (χ1v) is 13.2. The van der Waals surface area contributed by atoms with E-state index in [9.17, 15) is 14.3 Å². The fourth-order valence-corrected chi connectivity index (χ4v) is 6.48. The number of pyridine rings is 1. The van der Waals surface area contributed by atoms with Crippen molar-refractivity contribution < 1.29 is 14.3 Å². The first-order valence-electron chi connectivity index (χ1n) is 13.2. The molecule has 2 atom stereocenters. The monoisotopic (exact) mass is 497 g/mol. The second-order valence-corrected chi connectivity index (χ2v) is 10.8. The molecule has 7 nitrogen and oxygen atoms in total. The van der Waals surface area contributed by atoms with Crippen LogP contribution in [0.3, 0.4) is 0 Å². The van der Waals surface area contributed by atoms with E-state index in [2.05, 4.69) is 39.6 Å². The highest BCUT2D eigenvalue weighted by atomic mass is 19.1. The van der Waals surface area contributed by atoms with Crippen LogP contribution in [0, 0.1) is 23.6 Å². The summed E-state index contributed by atoms with van der Waals surface area (Å²) >= 11 is 0. The van der Waals surface area contributed by atoms with Gasteiger partial charge in [-0.2, -0.15) is 0 Å². The zero-order chi connectivity index (χ0) is 25.1. The molecule has 2 unspecified atom stereocenters. The van der Waals surface area contributed by atoms with Gasteiger partial charge >= 0.3 is 5.97 Å². The third-order valence-electron chi connectivity index (χ3n) is 8.54. The van der Waals surface area contributed by atoms with E-state index < -0.39 is 17.7 Å². The third-order valence-corrected chi connectivity index (χ3v) is 8.54. The number of carboxylic acids is 1. The molecule has 1 aromatic carbocycles. The molecule has 37 heavy (non-hydrogen) atoms. The van der Waals surface area contributed by atoms with Gasteiger partial charge in [0.2, 0.25) is 0 Å². The lowest BCUT2D eigenvalue weighted by molar-refractivity contribution is -0.148. The predicted molar refractivity (Wildman–Crippen MR) is 138 cm³/mol. The van der Waals surface area contributed by atoms with Gasteiger partial charge in [0.15, 0.2) is 5.82 Å². The van der Waals surface area contributed by atoms with E-state index in [0.29, 0.717) is 40.1 Å². The van der Waals surface area contributed by atoms with Crippen molar-refractivity contribution in [1.82, 2.24) is 19.9 Å². The van der Waals surface area contributed by atoms with E-state index in [0.717, 1.165) is 36.9 Å². The number of halogens is 1. The van der Waals surface area contributed by atoms with Gasteiger partial charge in [0.05, 0.1) is 17.8 Å². The zero-order valence-electron chi connectivity index (χ0n) is 20.3. The molecule has 3 heterocycles. The number of hydrogen-bond donors (Lipinski definition) is 3. The van der Waals surface area contributed by atoms with Gasteiger partial charge in [-0.05, 0) is 67.9 Å². The molecule has 0 amide bonds. The summed E-state index contributed by atoms with van der Waals surface area (Å²) < 4.78 is 14.1. The van der Waals surface area contributed by atoms with E-state index >= 15 is 0 Å². The first-order chi connectivity index (χ1) is 18.0. The van der Waals surface area contributed by atoms with Crippen LogP contribution in [0.25, 0.3) is 33.7 Å². The lowest BCUT2D eigenvalue weighted by Crippen LogP contribution is -2.51. The molecule has 4 aromatic rings. The fraction of sp³-hybridized carbons (Fsp3) is 0.379. The molecule has 2 bridgehead atoms. The summed E-state index contributed by atoms with van der Waals surface area (Å²) in [5.41, 5.74) is 4.25. The smallest absolute Gasteiger partial charge is 0.308 e. The van der Waals surface area contributed by atoms with Crippen LogP contribution in [-0.4, -0.2) is 37.1 Å². The standard InChI is InChI=1S/C29H28FN5O2/c30-20-11-21-22(14-32-27(21)31-13-20)28-33-23(17-5-3-16(4-6-17)15-1-2-15)12-24(35-28)34-26-19-9-7-18(8-10-19)25(26)29(36)37/h3-6,11-15,18-19,25-26H,1-2,7-10H2,(H,31,32)(H,36,37)(H,33,34,35). The van der Waals surface area contributed by atoms with Gasteiger partial charge in [0.25, 0.3) is 0 Å². The minimum Gasteiger partial charge on any atom is -0.481 e. The predicted octanol–water partition coefficient (Wildman–Crippen LogP) is 6.00. The molecule has 0 spiro atoms. The van der Waals surface area contributed by atoms with Crippen LogP contribution in [0.1, 0.15) is 50.0 Å². The van der Waals surface area contributed by atoms with Crippen molar-refractivity contribution in [2.24, 2.45) is 17.8 Å². The molecule has 4 fully saturated rings. The average Bonchev–Trinajstić information content (AvgIpc) is 3.68. The quantitative estimate of drug-likeness (QED) is 0.302. The van der Waals surface area contributed by atoms with E-state index in [-0.39, 0.29) is 12.0 Å². The number of fused-ring (bicyclic) bond motifs is 4. The van der Waals surface area contributed by atoms with Crippen LogP contribution in [0.2, 0.25) is 0 Å². The molecule has 8 heteroatoms. The maximum atomic E-state index is 14.1. The number of carboxylic acid groups (broad SMARTS) is 1. The van der Waals surface area contributed by atoms with Crippen molar-refractivity contribution >= 4 is 22.8 Å². The first kappa shape index (κ1) is 22.4. The van der Waals surface area contributed by atoms with Crippen LogP contribution >= 0.6 is 0 Å². The maximum Gasteiger partial charge on any atom is 0.308 e. The second kappa shape index (κ2) is 8.64. The van der Waals surface area contributed by atoms with Gasteiger partial charge in [-0.1, -0.05) is 24.3 Å². The summed E-state index contributed by atoms with van der Waals surface area (Å²) in [4.78, 5) is 29.2. The van der Waals surface area contributed by atoms with Gasteiger partial charge in [-0.25, -0.2) is 19.3 Å². The molecule has 188 valence electrons. The number of benzene rings is 1. The number of nitrogens with zero attached hydrogens (tertiary/aromatic N) is 3. The number of rotatable bonds is 6. The fourth-order valence-electron chi connectivity index (χ4n) is 6.48. The number of aromatic nitrogens is 4. The Hall–Kier alpha value is -3.81. The lowest BCUT2D eigenvalue weighted by Gasteiger charge is -2.47. The molecule has 4 aliphatic rings. The number of carbonyl (C=O) groups is 1. The summed E-state index contributed by atoms with van der Waals surface area (Å²) in [6, 6.07) is 11.7. The Kier molecular flexibility index (Phi) is 5.23. The Balaban J connectivity index is 1.32. The number of nitrogens with one attached hydrogen (secondary N) is 2. The van der Waals surface area contributed by atoms with E-state index in [1.165, 1.54) is 30.7 Å². The molecular weight excluding hydrogens is 469 g/mol. The summed E-state index contributed by atoms with van der Waals surface area (Å²) in [5, 5.41) is 14.2. The van der Waals surface area contributed by atoms with Crippen molar-refractivity contribution in [2.75, 3.05) is 5.32 Å². The van der Waals surface area contributed by atoms with Crippen LogP contribution in [-0.2, 0) is 4.79 Å². The SMILES string of the molecule is O=C(O)C1C2CCC(CC2)C1Nc1cc(-c2ccc(C3CC3)cc2)nc(-c2c[nH]c3ncc(F)cc23)n1. The Morgan fingerprint density at radius 2 is 1.76 bits per heavy atom. The molecule has 0 aliphatic heterocycles. The Bertz CT molecular complexity index is 1490. The summed E-state index contributed by atoms with van der Waals surface area (Å²) in [6.07, 6.45) is 9.43. The van der Waals surface area contributed by atoms with E-state index in [4.69, 9.17) is 9.97 Å². The topological polar surface area (TPSA) is 104 Å². The highest BCUT2D eigenvalue weighted by molar-refractivity contribution is 5.92. The van der Waals surface area contributed by atoms with E-state index in [1.807, 2.05) is 6.07 Å². The minimum atomic E-state index is -0.741. The van der Waals surface area contributed by atoms with Crippen molar-refractivity contribution in [1.29, 1.82) is 0 Å². The molecule has 0 radical (unpaired) electrons. The van der Waals surface area contributed by atoms with Crippen molar-refractivity contribution in [3.05, 3.63) is 60.2 Å². The van der Waals surface area contributed by atoms with Crippen LogP contribution < -0.4 is 5.32 Å². The Morgan fingerprint density at radius 1 is 1.00 bits per heavy atom. The summed E-state index contributed by atoms with van der Waals surface area (Å²) in [7, 11) is 0. The van der Waals surface area contributed by atoms with Crippen LogP contribution in [0.4, 0.5) is 10.2 Å². The van der Waals surface area contributed by atoms with Crippen LogP contribution in [0.5, 0.6) is 0 Å². The van der Waals surface area contributed by atoms with Gasteiger partial charge < -0.3 is 15.4 Å². The number of aromatic amines is 1. The molecule has 3 aromatic heterocycles. The largest absolute Gasteiger partial charge is 0.481 e. The molecule has 8 rings (SSSR count). The van der Waals surface area contributed by atoms with Gasteiger partial charge in [0.1, 0.15) is 17.3 Å². The second-order valence-electron chi connectivity index (χ2n) is 10.8. The van der Waals surface area contributed by atoms with Gasteiger partial charge in [-0.15, -0.1) is 0 Å². The van der Waals surface area contributed by atoms with E-state index in [1.54, 1.807) is 6.20 Å². The zero-order valence-corrected chi connectivity index (χ0v) is 20.3. The number of H-pyrrole nitrogens is 1. The Labute approximate surface area is 213 Å². The minimum absolute atomic E-state index is 0.181. The third kappa shape index (κ3) is 4.04. The number of hydrogen-bond acceptors (Lipinski definition) is 5. The van der Waals surface area contributed by atoms with Gasteiger partial charge in [-0.3, -0.25) is 4.79 Å². The highest BCUT2D eigenvalue weighted by Crippen LogP contribution is 2.46. The molecular formula is C29H28FN5O2. The molecule has 4 aliphatic carbocycles. The molecule has 3 N–H and O–H groups in total. The molecule has 0 saturated heterocycles.